The van der Waals surface area contributed by atoms with E-state index in [1.54, 1.807) is 24.3 Å². The fourth-order valence-corrected chi connectivity index (χ4v) is 2.27. The summed E-state index contributed by atoms with van der Waals surface area (Å²) in [5.41, 5.74) is 0.485. The lowest BCUT2D eigenvalue weighted by Gasteiger charge is -2.23. The molecule has 4 nitrogen and oxygen atoms in total. The maximum absolute atomic E-state index is 11.8. The maximum atomic E-state index is 11.8. The van der Waals surface area contributed by atoms with Gasteiger partial charge in [0.05, 0.1) is 5.69 Å². The number of carbonyl (C=O) groups is 1. The molecule has 1 aromatic rings. The topological polar surface area (TPSA) is 61.4 Å². The van der Waals surface area contributed by atoms with E-state index in [9.17, 15) is 9.90 Å². The Morgan fingerprint density at radius 1 is 1.39 bits per heavy atom. The highest BCUT2D eigenvalue weighted by atomic mass is 16.3. The average Bonchev–Trinajstić information content (AvgIpc) is 2.40. The number of aromatic hydroxyl groups is 1. The summed E-state index contributed by atoms with van der Waals surface area (Å²) in [5.74, 6) is 0.0746. The van der Waals surface area contributed by atoms with E-state index in [2.05, 4.69) is 10.6 Å². The van der Waals surface area contributed by atoms with Gasteiger partial charge in [-0.3, -0.25) is 4.79 Å². The molecule has 1 unspecified atom stereocenters. The smallest absolute Gasteiger partial charge is 0.224 e. The van der Waals surface area contributed by atoms with Gasteiger partial charge in [-0.25, -0.2) is 0 Å². The third-order valence-corrected chi connectivity index (χ3v) is 3.31. The van der Waals surface area contributed by atoms with Gasteiger partial charge < -0.3 is 15.7 Å². The Kier molecular flexibility index (Phi) is 4.59. The lowest BCUT2D eigenvalue weighted by molar-refractivity contribution is -0.116. The number of piperidine rings is 1. The number of phenolic OH excluding ortho intramolecular Hbond substituents is 1. The van der Waals surface area contributed by atoms with E-state index in [0.717, 1.165) is 19.4 Å². The van der Waals surface area contributed by atoms with E-state index >= 15 is 0 Å². The predicted molar refractivity (Wildman–Crippen MR) is 71.6 cm³/mol. The zero-order valence-electron chi connectivity index (χ0n) is 10.5. The van der Waals surface area contributed by atoms with Gasteiger partial charge in [-0.1, -0.05) is 18.6 Å². The van der Waals surface area contributed by atoms with Gasteiger partial charge in [0.2, 0.25) is 5.91 Å². The Morgan fingerprint density at radius 3 is 2.94 bits per heavy atom. The molecule has 4 heteroatoms. The van der Waals surface area contributed by atoms with Crippen molar-refractivity contribution in [2.45, 2.75) is 38.1 Å². The zero-order chi connectivity index (χ0) is 12.8. The first-order chi connectivity index (χ1) is 8.75. The number of rotatable bonds is 4. The summed E-state index contributed by atoms with van der Waals surface area (Å²) in [6.45, 7) is 1.06. The van der Waals surface area contributed by atoms with Crippen molar-refractivity contribution in [2.75, 3.05) is 11.9 Å². The van der Waals surface area contributed by atoms with Gasteiger partial charge >= 0.3 is 0 Å². The average molecular weight is 248 g/mol. The van der Waals surface area contributed by atoms with Gasteiger partial charge in [0.15, 0.2) is 0 Å². The van der Waals surface area contributed by atoms with Crippen molar-refractivity contribution in [3.05, 3.63) is 24.3 Å². The maximum Gasteiger partial charge on any atom is 0.224 e. The fraction of sp³-hybridized carbons (Fsp3) is 0.500. The van der Waals surface area contributed by atoms with Crippen LogP contribution in [0, 0.1) is 0 Å². The number of phenols is 1. The van der Waals surface area contributed by atoms with Gasteiger partial charge in [0, 0.05) is 12.5 Å². The van der Waals surface area contributed by atoms with Gasteiger partial charge in [-0.15, -0.1) is 0 Å². The highest BCUT2D eigenvalue weighted by Crippen LogP contribution is 2.22. The second-order valence-corrected chi connectivity index (χ2v) is 4.75. The summed E-state index contributed by atoms with van der Waals surface area (Å²) < 4.78 is 0. The van der Waals surface area contributed by atoms with Crippen LogP contribution in [0.15, 0.2) is 24.3 Å². The summed E-state index contributed by atoms with van der Waals surface area (Å²) in [4.78, 5) is 11.8. The third kappa shape index (κ3) is 3.74. The molecule has 1 aliphatic heterocycles. The van der Waals surface area contributed by atoms with Crippen molar-refractivity contribution >= 4 is 11.6 Å². The van der Waals surface area contributed by atoms with E-state index in [-0.39, 0.29) is 11.7 Å². The predicted octanol–water partition coefficient (Wildman–Crippen LogP) is 2.25. The normalized spacial score (nSPS) is 19.4. The molecule has 0 aromatic heterocycles. The van der Waals surface area contributed by atoms with Crippen LogP contribution in [0.3, 0.4) is 0 Å². The number of anilines is 1. The van der Waals surface area contributed by atoms with Crippen LogP contribution in [0.2, 0.25) is 0 Å². The molecule has 18 heavy (non-hydrogen) atoms. The van der Waals surface area contributed by atoms with Gasteiger partial charge in [0.1, 0.15) is 5.75 Å². The molecule has 1 aliphatic rings. The van der Waals surface area contributed by atoms with Crippen LogP contribution in [0.1, 0.15) is 32.1 Å². The van der Waals surface area contributed by atoms with Crippen LogP contribution in [0.4, 0.5) is 5.69 Å². The first kappa shape index (κ1) is 12.9. The summed E-state index contributed by atoms with van der Waals surface area (Å²) in [6.07, 6.45) is 4.99. The van der Waals surface area contributed by atoms with Crippen molar-refractivity contribution in [3.8, 4) is 5.75 Å². The third-order valence-electron chi connectivity index (χ3n) is 3.31. The minimum absolute atomic E-state index is 0.0381. The largest absolute Gasteiger partial charge is 0.506 e. The number of benzene rings is 1. The Bertz CT molecular complexity index is 401. The number of hydrogen-bond acceptors (Lipinski definition) is 3. The van der Waals surface area contributed by atoms with Crippen molar-refractivity contribution in [1.29, 1.82) is 0 Å². The molecule has 1 heterocycles. The van der Waals surface area contributed by atoms with Crippen LogP contribution in [0.25, 0.3) is 0 Å². The zero-order valence-corrected chi connectivity index (χ0v) is 10.5. The van der Waals surface area contributed by atoms with E-state index in [1.807, 2.05) is 0 Å². The Balaban J connectivity index is 1.76. The van der Waals surface area contributed by atoms with Gasteiger partial charge in [-0.05, 0) is 37.9 Å². The molecule has 3 N–H and O–H groups in total. The van der Waals surface area contributed by atoms with E-state index < -0.39 is 0 Å². The molecule has 98 valence electrons. The molecule has 0 radical (unpaired) electrons. The van der Waals surface area contributed by atoms with Crippen LogP contribution in [-0.2, 0) is 4.79 Å². The molecule has 0 aliphatic carbocycles. The van der Waals surface area contributed by atoms with Gasteiger partial charge in [0.25, 0.3) is 0 Å². The summed E-state index contributed by atoms with van der Waals surface area (Å²) >= 11 is 0. The second kappa shape index (κ2) is 6.40. The van der Waals surface area contributed by atoms with Crippen LogP contribution >= 0.6 is 0 Å². The highest BCUT2D eigenvalue weighted by molar-refractivity contribution is 5.92. The molecule has 1 atom stereocenters. The SMILES string of the molecule is O=C(CCC1CCCCN1)Nc1ccccc1O. The van der Waals surface area contributed by atoms with Gasteiger partial charge in [-0.2, -0.15) is 0 Å². The van der Waals surface area contributed by atoms with E-state index in [0.29, 0.717) is 18.2 Å². The number of para-hydroxylation sites is 2. The molecule has 0 saturated carbocycles. The highest BCUT2D eigenvalue weighted by Gasteiger charge is 2.14. The lowest BCUT2D eigenvalue weighted by Crippen LogP contribution is -2.34. The van der Waals surface area contributed by atoms with Crippen LogP contribution < -0.4 is 10.6 Å². The van der Waals surface area contributed by atoms with Crippen molar-refractivity contribution in [2.24, 2.45) is 0 Å². The monoisotopic (exact) mass is 248 g/mol. The first-order valence-electron chi connectivity index (χ1n) is 6.57. The van der Waals surface area contributed by atoms with Crippen LogP contribution in [-0.4, -0.2) is 23.6 Å². The molecule has 0 spiro atoms. The number of hydrogen-bond donors (Lipinski definition) is 3. The Morgan fingerprint density at radius 2 is 2.22 bits per heavy atom. The molecule has 2 rings (SSSR count). The Hall–Kier alpha value is -1.55. The number of amides is 1. The minimum atomic E-state index is -0.0381. The minimum Gasteiger partial charge on any atom is -0.506 e. The first-order valence-corrected chi connectivity index (χ1v) is 6.57. The molecular formula is C14H20N2O2. The second-order valence-electron chi connectivity index (χ2n) is 4.75. The summed E-state index contributed by atoms with van der Waals surface area (Å²) in [6, 6.07) is 7.26. The summed E-state index contributed by atoms with van der Waals surface area (Å²) in [7, 11) is 0. The van der Waals surface area contributed by atoms with Crippen molar-refractivity contribution < 1.29 is 9.90 Å². The lowest BCUT2D eigenvalue weighted by atomic mass is 10.0. The quantitative estimate of drug-likeness (QED) is 0.716. The number of nitrogens with one attached hydrogen (secondary N) is 2. The molecule has 0 bridgehead atoms. The van der Waals surface area contributed by atoms with E-state index in [1.165, 1.54) is 12.8 Å². The summed E-state index contributed by atoms with van der Waals surface area (Å²) in [5, 5.41) is 15.7. The van der Waals surface area contributed by atoms with Crippen molar-refractivity contribution in [3.63, 3.8) is 0 Å². The fourth-order valence-electron chi connectivity index (χ4n) is 2.27. The number of carbonyl (C=O) groups excluding carboxylic acids is 1. The standard InChI is InChI=1S/C14H20N2O2/c17-13-7-2-1-6-12(13)16-14(18)9-8-11-5-3-4-10-15-11/h1-2,6-7,11,15,17H,3-5,8-10H2,(H,16,18). The van der Waals surface area contributed by atoms with E-state index in [4.69, 9.17) is 0 Å². The molecular weight excluding hydrogens is 228 g/mol. The molecule has 1 fully saturated rings. The van der Waals surface area contributed by atoms with Crippen LogP contribution in [0.5, 0.6) is 5.75 Å². The van der Waals surface area contributed by atoms with Crippen molar-refractivity contribution in [1.82, 2.24) is 5.32 Å². The molecule has 1 aromatic carbocycles. The molecule has 1 amide bonds. The molecule has 1 saturated heterocycles. The Labute approximate surface area is 107 Å².